The Morgan fingerprint density at radius 3 is 2.30 bits per heavy atom. The lowest BCUT2D eigenvalue weighted by molar-refractivity contribution is -0.384. The molecule has 0 bridgehead atoms. The van der Waals surface area contributed by atoms with Gasteiger partial charge in [0.15, 0.2) is 5.78 Å². The van der Waals surface area contributed by atoms with Crippen molar-refractivity contribution in [2.24, 2.45) is 0 Å². The third-order valence-corrected chi connectivity index (χ3v) is 3.54. The third kappa shape index (κ3) is 4.36. The van der Waals surface area contributed by atoms with Gasteiger partial charge in [-0.15, -0.1) is 0 Å². The first-order valence-corrected chi connectivity index (χ1v) is 7.35. The molecule has 4 heteroatoms. The van der Waals surface area contributed by atoms with E-state index in [-0.39, 0.29) is 16.9 Å². The summed E-state index contributed by atoms with van der Waals surface area (Å²) < 4.78 is 0. The monoisotopic (exact) mass is 309 g/mol. The molecule has 0 saturated carbocycles. The molecular formula is C19H19NO3. The molecular weight excluding hydrogens is 290 g/mol. The number of nitro groups is 1. The minimum atomic E-state index is -0.454. The Bertz CT molecular complexity index is 753. The molecule has 2 rings (SSSR count). The van der Waals surface area contributed by atoms with Crippen LogP contribution in [0.2, 0.25) is 0 Å². The second-order valence-corrected chi connectivity index (χ2v) is 6.38. The number of hydrogen-bond donors (Lipinski definition) is 0. The van der Waals surface area contributed by atoms with Gasteiger partial charge in [-0.25, -0.2) is 0 Å². The molecule has 2 aromatic rings. The van der Waals surface area contributed by atoms with Crippen LogP contribution in [0.3, 0.4) is 0 Å². The Hall–Kier alpha value is -2.75. The van der Waals surface area contributed by atoms with Crippen molar-refractivity contribution in [2.45, 2.75) is 26.2 Å². The first kappa shape index (κ1) is 16.6. The van der Waals surface area contributed by atoms with Gasteiger partial charge in [-0.05, 0) is 22.6 Å². The quantitative estimate of drug-likeness (QED) is 0.353. The zero-order valence-electron chi connectivity index (χ0n) is 13.4. The van der Waals surface area contributed by atoms with E-state index in [0.29, 0.717) is 11.1 Å². The summed E-state index contributed by atoms with van der Waals surface area (Å²) in [6.07, 6.45) is 3.03. The molecule has 0 aliphatic carbocycles. The molecule has 0 aliphatic heterocycles. The van der Waals surface area contributed by atoms with Crippen molar-refractivity contribution in [1.29, 1.82) is 0 Å². The van der Waals surface area contributed by atoms with Gasteiger partial charge in [-0.2, -0.15) is 0 Å². The molecule has 0 atom stereocenters. The van der Waals surface area contributed by atoms with E-state index in [2.05, 4.69) is 20.8 Å². The van der Waals surface area contributed by atoms with E-state index in [4.69, 9.17) is 0 Å². The Morgan fingerprint density at radius 1 is 1.09 bits per heavy atom. The third-order valence-electron chi connectivity index (χ3n) is 3.54. The lowest BCUT2D eigenvalue weighted by atomic mass is 9.86. The van der Waals surface area contributed by atoms with Gasteiger partial charge in [0.05, 0.1) is 4.92 Å². The van der Waals surface area contributed by atoms with Crippen molar-refractivity contribution in [2.75, 3.05) is 0 Å². The number of carbonyl (C=O) groups is 1. The van der Waals surface area contributed by atoms with Gasteiger partial charge in [0, 0.05) is 17.7 Å². The molecule has 0 aromatic heterocycles. The molecule has 118 valence electrons. The normalized spacial score (nSPS) is 11.6. The number of nitro benzene ring substituents is 1. The van der Waals surface area contributed by atoms with E-state index in [1.165, 1.54) is 18.2 Å². The Labute approximate surface area is 135 Å². The smallest absolute Gasteiger partial charge is 0.270 e. The average molecular weight is 309 g/mol. The maximum absolute atomic E-state index is 12.2. The van der Waals surface area contributed by atoms with Crippen LogP contribution in [-0.4, -0.2) is 10.7 Å². The number of allylic oxidation sites excluding steroid dienone is 1. The highest BCUT2D eigenvalue weighted by Crippen LogP contribution is 2.22. The van der Waals surface area contributed by atoms with E-state index < -0.39 is 4.92 Å². The highest BCUT2D eigenvalue weighted by Gasteiger charge is 2.13. The number of hydrogen-bond acceptors (Lipinski definition) is 3. The van der Waals surface area contributed by atoms with E-state index >= 15 is 0 Å². The van der Waals surface area contributed by atoms with Crippen molar-refractivity contribution in [1.82, 2.24) is 0 Å². The summed E-state index contributed by atoms with van der Waals surface area (Å²) in [5, 5.41) is 10.7. The molecule has 0 aliphatic rings. The standard InChI is InChI=1S/C19H19NO3/c1-19(2,3)16-10-8-15(9-11-16)18(21)12-7-14-5-4-6-17(13-14)20(22)23/h4-13H,1-3H3/b12-7-. The number of carbonyl (C=O) groups excluding carboxylic acids is 1. The highest BCUT2D eigenvalue weighted by atomic mass is 16.6. The summed E-state index contributed by atoms with van der Waals surface area (Å²) in [4.78, 5) is 22.5. The zero-order chi connectivity index (χ0) is 17.0. The maximum atomic E-state index is 12.2. The van der Waals surface area contributed by atoms with E-state index in [1.807, 2.05) is 12.1 Å². The molecule has 23 heavy (non-hydrogen) atoms. The number of nitrogens with zero attached hydrogens (tertiary/aromatic N) is 1. The fourth-order valence-electron chi connectivity index (χ4n) is 2.14. The largest absolute Gasteiger partial charge is 0.289 e. The van der Waals surface area contributed by atoms with Crippen LogP contribution >= 0.6 is 0 Å². The summed E-state index contributed by atoms with van der Waals surface area (Å²) in [6, 6.07) is 13.7. The van der Waals surface area contributed by atoms with Crippen LogP contribution < -0.4 is 0 Å². The maximum Gasteiger partial charge on any atom is 0.270 e. The van der Waals surface area contributed by atoms with Crippen LogP contribution in [0.4, 0.5) is 5.69 Å². The first-order valence-electron chi connectivity index (χ1n) is 7.35. The molecule has 0 radical (unpaired) electrons. The van der Waals surface area contributed by atoms with E-state index in [9.17, 15) is 14.9 Å². The summed E-state index contributed by atoms with van der Waals surface area (Å²) >= 11 is 0. The second kappa shape index (κ2) is 6.57. The van der Waals surface area contributed by atoms with E-state index in [0.717, 1.165) is 5.56 Å². The minimum absolute atomic E-state index is 0.00845. The summed E-state index contributed by atoms with van der Waals surface area (Å²) in [5.74, 6) is -0.128. The van der Waals surface area contributed by atoms with Gasteiger partial charge in [0.25, 0.3) is 5.69 Å². The average Bonchev–Trinajstić information content (AvgIpc) is 2.52. The molecule has 0 N–H and O–H groups in total. The van der Waals surface area contributed by atoms with E-state index in [1.54, 1.807) is 30.3 Å². The van der Waals surface area contributed by atoms with Crippen LogP contribution in [0.1, 0.15) is 42.3 Å². The SMILES string of the molecule is CC(C)(C)c1ccc(C(=O)/C=C\c2cccc([N+](=O)[O-])c2)cc1. The molecule has 0 spiro atoms. The Morgan fingerprint density at radius 2 is 1.74 bits per heavy atom. The molecule has 4 nitrogen and oxygen atoms in total. The molecule has 0 amide bonds. The van der Waals surface area contributed by atoms with Gasteiger partial charge in [0.2, 0.25) is 0 Å². The van der Waals surface area contributed by atoms with Crippen molar-refractivity contribution in [3.8, 4) is 0 Å². The Balaban J connectivity index is 2.15. The summed E-state index contributed by atoms with van der Waals surface area (Å²) in [5.41, 5.74) is 2.44. The molecule has 0 heterocycles. The fourth-order valence-corrected chi connectivity index (χ4v) is 2.14. The van der Waals surface area contributed by atoms with Crippen LogP contribution in [0.5, 0.6) is 0 Å². The van der Waals surface area contributed by atoms with Crippen LogP contribution in [0, 0.1) is 10.1 Å². The van der Waals surface area contributed by atoms with Gasteiger partial charge in [-0.3, -0.25) is 14.9 Å². The van der Waals surface area contributed by atoms with Gasteiger partial charge in [-0.1, -0.05) is 63.2 Å². The van der Waals surface area contributed by atoms with Crippen molar-refractivity contribution >= 4 is 17.5 Å². The Kier molecular flexibility index (Phi) is 4.74. The van der Waals surface area contributed by atoms with Crippen molar-refractivity contribution in [3.05, 3.63) is 81.4 Å². The first-order chi connectivity index (χ1) is 10.8. The molecule has 0 saturated heterocycles. The molecule has 0 unspecified atom stereocenters. The fraction of sp³-hybridized carbons (Fsp3) is 0.211. The van der Waals surface area contributed by atoms with Crippen molar-refractivity contribution in [3.63, 3.8) is 0 Å². The minimum Gasteiger partial charge on any atom is -0.289 e. The highest BCUT2D eigenvalue weighted by molar-refractivity contribution is 6.06. The lowest BCUT2D eigenvalue weighted by Gasteiger charge is -2.18. The number of ketones is 1. The molecule has 0 fully saturated rings. The predicted octanol–water partition coefficient (Wildman–Crippen LogP) is 4.79. The summed E-state index contributed by atoms with van der Waals surface area (Å²) in [6.45, 7) is 6.35. The van der Waals surface area contributed by atoms with Gasteiger partial charge in [0.1, 0.15) is 0 Å². The van der Waals surface area contributed by atoms with Crippen LogP contribution in [-0.2, 0) is 5.41 Å². The van der Waals surface area contributed by atoms with Crippen LogP contribution in [0.15, 0.2) is 54.6 Å². The number of benzene rings is 2. The number of rotatable bonds is 4. The lowest BCUT2D eigenvalue weighted by Crippen LogP contribution is -2.11. The zero-order valence-corrected chi connectivity index (χ0v) is 13.4. The molecule has 2 aromatic carbocycles. The predicted molar refractivity (Wildman–Crippen MR) is 91.6 cm³/mol. The van der Waals surface area contributed by atoms with Gasteiger partial charge < -0.3 is 0 Å². The van der Waals surface area contributed by atoms with Crippen LogP contribution in [0.25, 0.3) is 6.08 Å². The van der Waals surface area contributed by atoms with Crippen molar-refractivity contribution < 1.29 is 9.72 Å². The second-order valence-electron chi connectivity index (χ2n) is 6.38. The summed E-state index contributed by atoms with van der Waals surface area (Å²) in [7, 11) is 0. The topological polar surface area (TPSA) is 60.2 Å². The van der Waals surface area contributed by atoms with Gasteiger partial charge >= 0.3 is 0 Å². The number of non-ortho nitro benzene ring substituents is 1.